The first kappa shape index (κ1) is 15.8. The van der Waals surface area contributed by atoms with Gasteiger partial charge in [-0.2, -0.15) is 0 Å². The molecule has 7 nitrogen and oxygen atoms in total. The first-order chi connectivity index (χ1) is 11.9. The van der Waals surface area contributed by atoms with E-state index in [9.17, 15) is 14.4 Å². The first-order valence-corrected chi connectivity index (χ1v) is 8.71. The quantitative estimate of drug-likeness (QED) is 0.892. The molecule has 0 unspecified atom stereocenters. The number of rotatable bonds is 2. The van der Waals surface area contributed by atoms with E-state index in [4.69, 9.17) is 0 Å². The molecule has 1 N–H and O–H groups in total. The van der Waals surface area contributed by atoms with Crippen molar-refractivity contribution in [2.45, 2.75) is 25.4 Å². The summed E-state index contributed by atoms with van der Waals surface area (Å²) in [4.78, 5) is 46.5. The molecular weight excluding hydrogens is 340 g/mol. The number of fused-ring (bicyclic) bond motifs is 3. The Morgan fingerprint density at radius 3 is 2.80 bits per heavy atom. The highest BCUT2D eigenvalue weighted by molar-refractivity contribution is 7.15. The van der Waals surface area contributed by atoms with Crippen LogP contribution in [0.15, 0.2) is 30.5 Å². The Hall–Kier alpha value is -2.74. The molecule has 1 aromatic heterocycles. The zero-order chi connectivity index (χ0) is 17.8. The predicted molar refractivity (Wildman–Crippen MR) is 93.5 cm³/mol. The molecule has 128 valence electrons. The van der Waals surface area contributed by atoms with Crippen molar-refractivity contribution in [2.75, 3.05) is 17.3 Å². The number of nitrogens with one attached hydrogen (secondary N) is 1. The van der Waals surface area contributed by atoms with Gasteiger partial charge in [-0.1, -0.05) is 12.1 Å². The third-order valence-electron chi connectivity index (χ3n) is 4.75. The van der Waals surface area contributed by atoms with E-state index in [1.807, 2.05) is 6.92 Å². The second kappa shape index (κ2) is 5.38. The zero-order valence-electron chi connectivity index (χ0n) is 13.8. The lowest BCUT2D eigenvalue weighted by Crippen LogP contribution is -2.68. The minimum Gasteiger partial charge on any atom is -0.310 e. The molecule has 2 aliphatic heterocycles. The maximum atomic E-state index is 13.2. The summed E-state index contributed by atoms with van der Waals surface area (Å²) < 4.78 is 0. The van der Waals surface area contributed by atoms with Crippen LogP contribution in [0, 0.1) is 6.92 Å². The summed E-state index contributed by atoms with van der Waals surface area (Å²) in [6.07, 6.45) is 2.12. The molecule has 25 heavy (non-hydrogen) atoms. The van der Waals surface area contributed by atoms with Gasteiger partial charge in [-0.05, 0) is 19.1 Å². The van der Waals surface area contributed by atoms with Crippen LogP contribution in [-0.4, -0.2) is 40.3 Å². The summed E-state index contributed by atoms with van der Waals surface area (Å²) in [6, 6.07) is 6.89. The van der Waals surface area contributed by atoms with Crippen LogP contribution >= 0.6 is 11.3 Å². The number of para-hydroxylation sites is 1. The van der Waals surface area contributed by atoms with Gasteiger partial charge in [0.1, 0.15) is 0 Å². The molecule has 3 heterocycles. The molecule has 1 atom stereocenters. The van der Waals surface area contributed by atoms with Gasteiger partial charge in [0.2, 0.25) is 11.6 Å². The minimum absolute atomic E-state index is 0.169. The fraction of sp³-hybridized carbons (Fsp3) is 0.294. The predicted octanol–water partition coefficient (Wildman–Crippen LogP) is 2.00. The fourth-order valence-corrected chi connectivity index (χ4v) is 4.20. The highest BCUT2D eigenvalue weighted by Gasteiger charge is 2.59. The Balaban J connectivity index is 1.82. The third-order valence-corrected chi connectivity index (χ3v) is 5.58. The van der Waals surface area contributed by atoms with E-state index in [2.05, 4.69) is 10.3 Å². The number of thiazole rings is 1. The number of carbonyl (C=O) groups excluding carboxylic acids is 3. The van der Waals surface area contributed by atoms with Crippen molar-refractivity contribution in [1.29, 1.82) is 0 Å². The molecule has 1 aromatic carbocycles. The summed E-state index contributed by atoms with van der Waals surface area (Å²) >= 11 is 1.35. The molecule has 4 rings (SSSR count). The molecule has 0 bridgehead atoms. The SMILES string of the molecule is Cc1cnc(NC(=O)[C@@]23CCC(=O)N2c2ccccc2C(=O)N3C)s1. The van der Waals surface area contributed by atoms with E-state index in [1.165, 1.54) is 21.1 Å². The standard InChI is InChI=1S/C17H16N4O3S/c1-10-9-18-16(25-10)19-15(24)17-8-7-13(22)21(17)12-6-4-3-5-11(12)14(23)20(17)2/h3-6,9H,7-8H2,1-2H3,(H,18,19,24)/t17-/m1/s1. The molecule has 1 saturated heterocycles. The Morgan fingerprint density at radius 1 is 1.32 bits per heavy atom. The van der Waals surface area contributed by atoms with Crippen molar-refractivity contribution in [3.05, 3.63) is 40.9 Å². The minimum atomic E-state index is -1.36. The summed E-state index contributed by atoms with van der Waals surface area (Å²) in [5, 5.41) is 3.23. The smallest absolute Gasteiger partial charge is 0.273 e. The van der Waals surface area contributed by atoms with Crippen molar-refractivity contribution in [3.63, 3.8) is 0 Å². The maximum Gasteiger partial charge on any atom is 0.273 e. The van der Waals surface area contributed by atoms with E-state index in [1.54, 1.807) is 37.5 Å². The van der Waals surface area contributed by atoms with Gasteiger partial charge in [0.05, 0.1) is 11.3 Å². The third kappa shape index (κ3) is 2.10. The molecule has 0 radical (unpaired) electrons. The normalized spacial score (nSPS) is 22.0. The van der Waals surface area contributed by atoms with Gasteiger partial charge in [-0.15, -0.1) is 11.3 Å². The fourth-order valence-electron chi connectivity index (χ4n) is 3.54. The summed E-state index contributed by atoms with van der Waals surface area (Å²) in [7, 11) is 1.57. The summed E-state index contributed by atoms with van der Waals surface area (Å²) in [5.74, 6) is -0.859. The van der Waals surface area contributed by atoms with Crippen LogP contribution in [0.4, 0.5) is 10.8 Å². The Bertz CT molecular complexity index is 909. The van der Waals surface area contributed by atoms with Gasteiger partial charge < -0.3 is 4.90 Å². The van der Waals surface area contributed by atoms with Gasteiger partial charge in [-0.25, -0.2) is 4.98 Å². The largest absolute Gasteiger partial charge is 0.310 e. The van der Waals surface area contributed by atoms with E-state index < -0.39 is 11.6 Å². The molecular formula is C17H16N4O3S. The molecule has 2 aromatic rings. The number of hydrogen-bond donors (Lipinski definition) is 1. The van der Waals surface area contributed by atoms with E-state index in [0.29, 0.717) is 16.4 Å². The number of carbonyl (C=O) groups is 3. The molecule has 0 aliphatic carbocycles. The maximum absolute atomic E-state index is 13.2. The monoisotopic (exact) mass is 356 g/mol. The van der Waals surface area contributed by atoms with Crippen molar-refractivity contribution in [1.82, 2.24) is 9.88 Å². The van der Waals surface area contributed by atoms with Crippen LogP contribution in [-0.2, 0) is 9.59 Å². The van der Waals surface area contributed by atoms with Crippen LogP contribution in [0.25, 0.3) is 0 Å². The average Bonchev–Trinajstić information content (AvgIpc) is 3.17. The van der Waals surface area contributed by atoms with Crippen LogP contribution < -0.4 is 10.2 Å². The molecule has 0 saturated carbocycles. The van der Waals surface area contributed by atoms with Gasteiger partial charge >= 0.3 is 0 Å². The Labute approximate surface area is 148 Å². The van der Waals surface area contributed by atoms with Crippen LogP contribution in [0.5, 0.6) is 0 Å². The second-order valence-corrected chi connectivity index (χ2v) is 7.39. The average molecular weight is 356 g/mol. The van der Waals surface area contributed by atoms with Crippen molar-refractivity contribution in [3.8, 4) is 0 Å². The van der Waals surface area contributed by atoms with E-state index in [0.717, 1.165) is 4.88 Å². The van der Waals surface area contributed by atoms with Crippen LogP contribution in [0.2, 0.25) is 0 Å². The van der Waals surface area contributed by atoms with Crippen molar-refractivity contribution in [2.24, 2.45) is 0 Å². The van der Waals surface area contributed by atoms with Gasteiger partial charge in [0.25, 0.3) is 11.8 Å². The van der Waals surface area contributed by atoms with Gasteiger partial charge in [0.15, 0.2) is 5.13 Å². The highest BCUT2D eigenvalue weighted by atomic mass is 32.1. The lowest BCUT2D eigenvalue weighted by Gasteiger charge is -2.47. The lowest BCUT2D eigenvalue weighted by atomic mass is 9.96. The number of aromatic nitrogens is 1. The number of benzene rings is 1. The van der Waals surface area contributed by atoms with Crippen LogP contribution in [0.1, 0.15) is 28.1 Å². The first-order valence-electron chi connectivity index (χ1n) is 7.89. The molecule has 8 heteroatoms. The van der Waals surface area contributed by atoms with E-state index >= 15 is 0 Å². The number of anilines is 2. The van der Waals surface area contributed by atoms with Crippen molar-refractivity contribution < 1.29 is 14.4 Å². The number of likely N-dealkylation sites (N-methyl/N-ethyl adjacent to an activating group) is 1. The molecule has 2 aliphatic rings. The summed E-state index contributed by atoms with van der Waals surface area (Å²) in [5.41, 5.74) is -0.449. The lowest BCUT2D eigenvalue weighted by molar-refractivity contribution is -0.128. The van der Waals surface area contributed by atoms with E-state index in [-0.39, 0.29) is 24.7 Å². The molecule has 1 fully saturated rings. The summed E-state index contributed by atoms with van der Waals surface area (Å²) in [6.45, 7) is 1.89. The zero-order valence-corrected chi connectivity index (χ0v) is 14.6. The second-order valence-electron chi connectivity index (χ2n) is 6.16. The van der Waals surface area contributed by atoms with Gasteiger partial charge in [-0.3, -0.25) is 24.6 Å². The number of amides is 3. The number of hydrogen-bond acceptors (Lipinski definition) is 5. The molecule has 3 amide bonds. The highest BCUT2D eigenvalue weighted by Crippen LogP contribution is 2.44. The Morgan fingerprint density at radius 2 is 2.08 bits per heavy atom. The Kier molecular flexibility index (Phi) is 3.40. The van der Waals surface area contributed by atoms with Crippen LogP contribution in [0.3, 0.4) is 0 Å². The molecule has 0 spiro atoms. The van der Waals surface area contributed by atoms with Gasteiger partial charge in [0, 0.05) is 31.0 Å². The van der Waals surface area contributed by atoms with Crippen molar-refractivity contribution >= 4 is 39.9 Å². The topological polar surface area (TPSA) is 82.6 Å². The number of nitrogens with zero attached hydrogens (tertiary/aromatic N) is 3. The number of aryl methyl sites for hydroxylation is 1.